The van der Waals surface area contributed by atoms with E-state index in [-0.39, 0.29) is 11.9 Å². The third kappa shape index (κ3) is 3.62. The molecule has 0 spiro atoms. The molecule has 2 aromatic rings. The Morgan fingerprint density at radius 2 is 2.04 bits per heavy atom. The van der Waals surface area contributed by atoms with Crippen LogP contribution in [0.1, 0.15) is 31.5 Å². The highest BCUT2D eigenvalue weighted by atomic mass is 16.5. The summed E-state index contributed by atoms with van der Waals surface area (Å²) in [6.07, 6.45) is 4.29. The maximum atomic E-state index is 12.6. The van der Waals surface area contributed by atoms with Crippen LogP contribution in [0.4, 0.5) is 0 Å². The topological polar surface area (TPSA) is 59.4 Å². The summed E-state index contributed by atoms with van der Waals surface area (Å²) in [5.41, 5.74) is 2.08. The van der Waals surface area contributed by atoms with E-state index < -0.39 is 0 Å². The first-order valence-electron chi connectivity index (χ1n) is 9.75. The van der Waals surface area contributed by atoms with Crippen molar-refractivity contribution in [1.29, 1.82) is 0 Å². The molecular weight excluding hydrogens is 328 g/mol. The van der Waals surface area contributed by atoms with Crippen molar-refractivity contribution in [3.8, 4) is 0 Å². The van der Waals surface area contributed by atoms with Gasteiger partial charge in [0.25, 0.3) is 0 Å². The summed E-state index contributed by atoms with van der Waals surface area (Å²) in [4.78, 5) is 19.6. The average Bonchev–Trinajstić information content (AvgIpc) is 3.24. The number of para-hydroxylation sites is 2. The Labute approximate surface area is 154 Å². The molecule has 2 atom stereocenters. The van der Waals surface area contributed by atoms with E-state index in [0.717, 1.165) is 36.6 Å². The number of carbonyl (C=O) groups excluding carboxylic acids is 1. The van der Waals surface area contributed by atoms with Crippen LogP contribution >= 0.6 is 0 Å². The van der Waals surface area contributed by atoms with Crippen LogP contribution in [0, 0.1) is 6.92 Å². The lowest BCUT2D eigenvalue weighted by atomic mass is 10.0. The summed E-state index contributed by atoms with van der Waals surface area (Å²) in [6.45, 7) is 6.26. The molecule has 140 valence electrons. The lowest BCUT2D eigenvalue weighted by Gasteiger charge is -2.34. The molecule has 0 unspecified atom stereocenters. The first kappa shape index (κ1) is 17.5. The van der Waals surface area contributed by atoms with Gasteiger partial charge < -0.3 is 14.6 Å². The zero-order valence-corrected chi connectivity index (χ0v) is 15.5. The van der Waals surface area contributed by atoms with Crippen LogP contribution < -0.4 is 5.32 Å². The molecule has 2 fully saturated rings. The fourth-order valence-corrected chi connectivity index (χ4v) is 4.26. The fourth-order valence-electron chi connectivity index (χ4n) is 4.26. The van der Waals surface area contributed by atoms with Crippen LogP contribution in [0.15, 0.2) is 24.3 Å². The van der Waals surface area contributed by atoms with Crippen LogP contribution in [0.3, 0.4) is 0 Å². The van der Waals surface area contributed by atoms with Gasteiger partial charge in [-0.05, 0) is 45.0 Å². The second-order valence-electron chi connectivity index (χ2n) is 7.42. The number of rotatable bonds is 5. The molecule has 0 bridgehead atoms. The number of amides is 1. The molecule has 2 aliphatic heterocycles. The molecule has 1 aromatic heterocycles. The predicted octanol–water partition coefficient (Wildman–Crippen LogP) is 2.10. The predicted molar refractivity (Wildman–Crippen MR) is 101 cm³/mol. The van der Waals surface area contributed by atoms with Crippen LogP contribution in [0.2, 0.25) is 0 Å². The summed E-state index contributed by atoms with van der Waals surface area (Å²) in [7, 11) is 0. The number of imidazole rings is 1. The summed E-state index contributed by atoms with van der Waals surface area (Å²) in [6, 6.07) is 8.52. The van der Waals surface area contributed by atoms with Crippen LogP contribution in [-0.4, -0.2) is 58.7 Å². The molecule has 0 radical (unpaired) electrons. The SMILES string of the molecule is Cc1nc2ccccc2n1CCC(=O)N[C@H]1COC[C@@H]1N1CCCCC1. The summed E-state index contributed by atoms with van der Waals surface area (Å²) in [5.74, 6) is 1.05. The second-order valence-corrected chi connectivity index (χ2v) is 7.42. The molecule has 1 N–H and O–H groups in total. The molecule has 0 aliphatic carbocycles. The minimum atomic E-state index is 0.0969. The van der Waals surface area contributed by atoms with Crippen molar-refractivity contribution in [2.75, 3.05) is 26.3 Å². The number of aromatic nitrogens is 2. The van der Waals surface area contributed by atoms with Gasteiger partial charge in [0.1, 0.15) is 5.82 Å². The van der Waals surface area contributed by atoms with E-state index in [4.69, 9.17) is 4.74 Å². The monoisotopic (exact) mass is 356 g/mol. The molecule has 2 aliphatic rings. The van der Waals surface area contributed by atoms with Gasteiger partial charge >= 0.3 is 0 Å². The molecule has 4 rings (SSSR count). The number of hydrogen-bond donors (Lipinski definition) is 1. The minimum absolute atomic E-state index is 0.0969. The van der Waals surface area contributed by atoms with Gasteiger partial charge in [0.15, 0.2) is 0 Å². The van der Waals surface area contributed by atoms with Crippen molar-refractivity contribution < 1.29 is 9.53 Å². The highest BCUT2D eigenvalue weighted by Gasteiger charge is 2.34. The minimum Gasteiger partial charge on any atom is -0.378 e. The van der Waals surface area contributed by atoms with E-state index in [2.05, 4.69) is 25.8 Å². The van der Waals surface area contributed by atoms with Crippen molar-refractivity contribution in [2.24, 2.45) is 0 Å². The van der Waals surface area contributed by atoms with Crippen LogP contribution in [0.25, 0.3) is 11.0 Å². The third-order valence-corrected chi connectivity index (χ3v) is 5.66. The van der Waals surface area contributed by atoms with Crippen molar-refractivity contribution >= 4 is 16.9 Å². The number of piperidine rings is 1. The number of hydrogen-bond acceptors (Lipinski definition) is 4. The van der Waals surface area contributed by atoms with E-state index in [1.165, 1.54) is 19.3 Å². The Kier molecular flexibility index (Phi) is 5.22. The molecule has 6 heteroatoms. The van der Waals surface area contributed by atoms with Gasteiger partial charge in [0.2, 0.25) is 5.91 Å². The molecular formula is C20H28N4O2. The van der Waals surface area contributed by atoms with Crippen LogP contribution in [-0.2, 0) is 16.1 Å². The molecule has 26 heavy (non-hydrogen) atoms. The summed E-state index contributed by atoms with van der Waals surface area (Å²) >= 11 is 0. The Bertz CT molecular complexity index is 766. The average molecular weight is 356 g/mol. The number of likely N-dealkylation sites (tertiary alicyclic amines) is 1. The van der Waals surface area contributed by atoms with Crippen molar-refractivity contribution in [1.82, 2.24) is 19.8 Å². The lowest BCUT2D eigenvalue weighted by molar-refractivity contribution is -0.122. The Morgan fingerprint density at radius 3 is 2.88 bits per heavy atom. The summed E-state index contributed by atoms with van der Waals surface area (Å²) < 4.78 is 7.81. The van der Waals surface area contributed by atoms with E-state index in [9.17, 15) is 4.79 Å². The van der Waals surface area contributed by atoms with Gasteiger partial charge in [-0.3, -0.25) is 9.69 Å². The number of benzene rings is 1. The normalized spacial score (nSPS) is 24.2. The van der Waals surface area contributed by atoms with Gasteiger partial charge in [-0.25, -0.2) is 4.98 Å². The standard InChI is InChI=1S/C20H28N4O2/c1-15-21-16-7-3-4-8-18(16)24(15)12-9-20(25)22-17-13-26-14-19(17)23-10-5-2-6-11-23/h3-4,7-8,17,19H,2,5-6,9-14H2,1H3,(H,22,25)/t17-,19-/m0/s1. The number of carbonyl (C=O) groups is 1. The molecule has 6 nitrogen and oxygen atoms in total. The first-order valence-corrected chi connectivity index (χ1v) is 9.75. The first-order chi connectivity index (χ1) is 12.7. The molecule has 0 saturated carbocycles. The molecule has 2 saturated heterocycles. The van der Waals surface area contributed by atoms with Gasteiger partial charge in [-0.1, -0.05) is 18.6 Å². The lowest BCUT2D eigenvalue weighted by Crippen LogP contribution is -2.52. The molecule has 3 heterocycles. The van der Waals surface area contributed by atoms with Gasteiger partial charge in [0.05, 0.1) is 36.3 Å². The number of ether oxygens (including phenoxy) is 1. The van der Waals surface area contributed by atoms with Crippen molar-refractivity contribution in [3.63, 3.8) is 0 Å². The van der Waals surface area contributed by atoms with E-state index in [1.54, 1.807) is 0 Å². The van der Waals surface area contributed by atoms with Gasteiger partial charge in [-0.15, -0.1) is 0 Å². The van der Waals surface area contributed by atoms with Crippen LogP contribution in [0.5, 0.6) is 0 Å². The van der Waals surface area contributed by atoms with Crippen molar-refractivity contribution in [2.45, 2.75) is 51.2 Å². The Balaban J connectivity index is 1.35. The third-order valence-electron chi connectivity index (χ3n) is 5.66. The highest BCUT2D eigenvalue weighted by Crippen LogP contribution is 2.19. The number of fused-ring (bicyclic) bond motifs is 1. The highest BCUT2D eigenvalue weighted by molar-refractivity contribution is 5.78. The quantitative estimate of drug-likeness (QED) is 0.891. The fraction of sp³-hybridized carbons (Fsp3) is 0.600. The second kappa shape index (κ2) is 7.76. The largest absolute Gasteiger partial charge is 0.378 e. The van der Waals surface area contributed by atoms with Crippen molar-refractivity contribution in [3.05, 3.63) is 30.1 Å². The maximum absolute atomic E-state index is 12.6. The van der Waals surface area contributed by atoms with E-state index in [1.807, 2.05) is 25.1 Å². The number of nitrogens with zero attached hydrogens (tertiary/aromatic N) is 3. The van der Waals surface area contributed by atoms with Gasteiger partial charge in [-0.2, -0.15) is 0 Å². The van der Waals surface area contributed by atoms with E-state index >= 15 is 0 Å². The molecule has 1 aromatic carbocycles. The number of nitrogens with one attached hydrogen (secondary N) is 1. The summed E-state index contributed by atoms with van der Waals surface area (Å²) in [5, 5.41) is 3.22. The number of aryl methyl sites for hydroxylation is 2. The Morgan fingerprint density at radius 1 is 1.23 bits per heavy atom. The Hall–Kier alpha value is -1.92. The maximum Gasteiger partial charge on any atom is 0.222 e. The smallest absolute Gasteiger partial charge is 0.222 e. The molecule has 1 amide bonds. The van der Waals surface area contributed by atoms with Gasteiger partial charge in [0, 0.05) is 13.0 Å². The zero-order chi connectivity index (χ0) is 17.9. The zero-order valence-electron chi connectivity index (χ0n) is 15.5. The van der Waals surface area contributed by atoms with E-state index in [0.29, 0.717) is 25.6 Å².